The van der Waals surface area contributed by atoms with E-state index in [1.54, 1.807) is 56.9 Å². The number of carbonyl (C=O) groups excluding carboxylic acids is 4. The topological polar surface area (TPSA) is 143 Å². The molecular formula is C47H61N2O10Si. The minimum atomic E-state index is -1.30. The third kappa shape index (κ3) is 13.6. The second kappa shape index (κ2) is 21.3. The van der Waals surface area contributed by atoms with E-state index in [4.69, 9.17) is 27.8 Å². The summed E-state index contributed by atoms with van der Waals surface area (Å²) in [6.45, 7) is 18.8. The van der Waals surface area contributed by atoms with E-state index >= 15 is 4.79 Å². The lowest BCUT2D eigenvalue weighted by Gasteiger charge is -2.44. The number of hydrogen-bond acceptors (Lipinski definition) is 10. The van der Waals surface area contributed by atoms with E-state index in [9.17, 15) is 14.4 Å². The van der Waals surface area contributed by atoms with Crippen molar-refractivity contribution in [3.63, 3.8) is 0 Å². The Kier molecular flexibility index (Phi) is 16.9. The summed E-state index contributed by atoms with van der Waals surface area (Å²) in [5.74, 6) is -2.88. The van der Waals surface area contributed by atoms with Crippen LogP contribution < -0.4 is 5.32 Å². The summed E-state index contributed by atoms with van der Waals surface area (Å²) in [5.41, 5.74) is -0.156. The van der Waals surface area contributed by atoms with Crippen LogP contribution in [0.15, 0.2) is 101 Å². The molecule has 3 unspecified atom stereocenters. The van der Waals surface area contributed by atoms with Crippen LogP contribution in [0.2, 0.25) is 13.1 Å². The Bertz CT molecular complexity index is 2100. The number of rotatable bonds is 19. The number of benzene rings is 3. The highest BCUT2D eigenvalue weighted by Crippen LogP contribution is 2.36. The molecule has 3 aromatic carbocycles. The first-order valence-electron chi connectivity index (χ1n) is 20.3. The van der Waals surface area contributed by atoms with E-state index < -0.39 is 80.8 Å². The lowest BCUT2D eigenvalue weighted by Crippen LogP contribution is -2.52. The van der Waals surface area contributed by atoms with Crippen molar-refractivity contribution >= 4 is 49.3 Å². The predicted molar refractivity (Wildman–Crippen MR) is 233 cm³/mol. The van der Waals surface area contributed by atoms with Gasteiger partial charge in [-0.05, 0) is 99.8 Å². The number of esters is 2. The first-order chi connectivity index (χ1) is 28.3. The number of ether oxygens (including phenoxy) is 4. The van der Waals surface area contributed by atoms with Crippen molar-refractivity contribution in [1.82, 2.24) is 4.90 Å². The quantitative estimate of drug-likeness (QED) is 0.0319. The number of amides is 2. The molecule has 1 radical (unpaired) electrons. The van der Waals surface area contributed by atoms with Crippen LogP contribution in [0.3, 0.4) is 0 Å². The van der Waals surface area contributed by atoms with Crippen molar-refractivity contribution in [3.05, 3.63) is 113 Å². The van der Waals surface area contributed by atoms with Crippen molar-refractivity contribution in [2.75, 3.05) is 25.8 Å². The summed E-state index contributed by atoms with van der Waals surface area (Å²) in [7, 11) is 0.0897. The van der Waals surface area contributed by atoms with Gasteiger partial charge >= 0.3 is 11.9 Å². The Balaban J connectivity index is 1.90. The highest BCUT2D eigenvalue weighted by molar-refractivity contribution is 6.48. The number of methoxy groups -OCH3 is 1. The molecule has 2 amide bonds. The number of nitrogens with zero attached hydrogens (tertiary/aromatic N) is 1. The molecule has 60 heavy (non-hydrogen) atoms. The molecule has 0 aliphatic carbocycles. The summed E-state index contributed by atoms with van der Waals surface area (Å²) in [6, 6.07) is 25.8. The number of fused-ring (bicyclic) bond motifs is 1. The van der Waals surface area contributed by atoms with Gasteiger partial charge in [-0.2, -0.15) is 0 Å². The first kappa shape index (κ1) is 47.4. The third-order valence-corrected chi connectivity index (χ3v) is 10.3. The van der Waals surface area contributed by atoms with Crippen LogP contribution in [0.25, 0.3) is 10.8 Å². The molecule has 323 valence electrons. The molecule has 0 bridgehead atoms. The number of nitrogens with one attached hydrogen (secondary N) is 1. The van der Waals surface area contributed by atoms with Gasteiger partial charge in [0.25, 0.3) is 11.8 Å². The van der Waals surface area contributed by atoms with E-state index in [2.05, 4.69) is 39.2 Å². The van der Waals surface area contributed by atoms with Crippen molar-refractivity contribution in [3.8, 4) is 0 Å². The maximum absolute atomic E-state index is 15.4. The van der Waals surface area contributed by atoms with Gasteiger partial charge in [-0.15, -0.1) is 0 Å². The van der Waals surface area contributed by atoms with Gasteiger partial charge in [-0.25, -0.2) is 4.79 Å². The Morgan fingerprint density at radius 3 is 2.13 bits per heavy atom. The number of para-hydroxylation sites is 1. The van der Waals surface area contributed by atoms with Crippen molar-refractivity contribution < 1.29 is 47.0 Å². The molecule has 0 saturated carbocycles. The highest BCUT2D eigenvalue weighted by Gasteiger charge is 2.42. The maximum atomic E-state index is 15.4. The minimum absolute atomic E-state index is 0.0150. The van der Waals surface area contributed by atoms with Crippen LogP contribution in [0.1, 0.15) is 83.7 Å². The van der Waals surface area contributed by atoms with Crippen LogP contribution >= 0.6 is 0 Å². The van der Waals surface area contributed by atoms with E-state index in [-0.39, 0.29) is 30.9 Å². The Morgan fingerprint density at radius 2 is 1.52 bits per heavy atom. The van der Waals surface area contributed by atoms with Crippen molar-refractivity contribution in [1.29, 1.82) is 0 Å². The molecule has 1 N–H and O–H groups in total. The van der Waals surface area contributed by atoms with Crippen LogP contribution in [0.4, 0.5) is 5.69 Å². The summed E-state index contributed by atoms with van der Waals surface area (Å²) >= 11 is 0. The zero-order valence-electron chi connectivity index (χ0n) is 36.9. The summed E-state index contributed by atoms with van der Waals surface area (Å²) in [6.07, 6.45) is -0.735. The van der Waals surface area contributed by atoms with Crippen LogP contribution in [-0.2, 0) is 50.7 Å². The molecule has 0 spiro atoms. The van der Waals surface area contributed by atoms with Gasteiger partial charge in [0.05, 0.1) is 24.7 Å². The van der Waals surface area contributed by atoms with Crippen molar-refractivity contribution in [2.24, 2.45) is 11.3 Å². The number of anilines is 1. The van der Waals surface area contributed by atoms with Gasteiger partial charge in [0.2, 0.25) is 9.04 Å². The zero-order chi connectivity index (χ0) is 44.2. The van der Waals surface area contributed by atoms with Gasteiger partial charge in [-0.1, -0.05) is 75.4 Å². The Hall–Kier alpha value is -5.24. The lowest BCUT2D eigenvalue weighted by molar-refractivity contribution is -0.155. The summed E-state index contributed by atoms with van der Waals surface area (Å²) < 4.78 is 35.3. The predicted octanol–water partition coefficient (Wildman–Crippen LogP) is 9.11. The molecule has 0 fully saturated rings. The lowest BCUT2D eigenvalue weighted by atomic mass is 9.76. The van der Waals surface area contributed by atoms with E-state index in [0.717, 1.165) is 16.3 Å². The Morgan fingerprint density at radius 1 is 0.850 bits per heavy atom. The molecule has 3 atom stereocenters. The van der Waals surface area contributed by atoms with Gasteiger partial charge < -0.3 is 38.0 Å². The van der Waals surface area contributed by atoms with E-state index in [1.807, 2.05) is 67.6 Å². The minimum Gasteiger partial charge on any atom is -0.463 e. The second-order valence-corrected chi connectivity index (χ2v) is 19.0. The molecule has 12 nitrogen and oxygen atoms in total. The van der Waals surface area contributed by atoms with Crippen molar-refractivity contribution in [2.45, 2.75) is 106 Å². The number of carbonyl (C=O) groups is 4. The molecular weight excluding hydrogens is 781 g/mol. The molecule has 4 aromatic rings. The van der Waals surface area contributed by atoms with Crippen LogP contribution in [0.5, 0.6) is 0 Å². The average molecular weight is 842 g/mol. The van der Waals surface area contributed by atoms with Gasteiger partial charge in [-0.3, -0.25) is 14.4 Å². The molecule has 1 heterocycles. The average Bonchev–Trinajstić information content (AvgIpc) is 3.66. The number of furan rings is 1. The van der Waals surface area contributed by atoms with E-state index in [0.29, 0.717) is 11.4 Å². The maximum Gasteiger partial charge on any atom is 0.338 e. The van der Waals surface area contributed by atoms with Gasteiger partial charge in [0.15, 0.2) is 18.3 Å². The SMILES string of the molecule is CCOC(=O)C(CC(=O)OC(C)(C)C)=C(OCOC)C(=O)N(Cc1ccc2ccccc2c1)C(C)C(Cc1ccc(C(=O)Nc2ccccc2)o1)C(O[Si](C)C)C(C)(C)C. The second-order valence-electron chi connectivity index (χ2n) is 17.0. The molecule has 13 heteroatoms. The molecule has 4 rings (SSSR count). The molecule has 1 aromatic heterocycles. The monoisotopic (exact) mass is 841 g/mol. The molecule has 0 saturated heterocycles. The largest absolute Gasteiger partial charge is 0.463 e. The van der Waals surface area contributed by atoms with E-state index in [1.165, 1.54) is 7.11 Å². The number of hydrogen-bond donors (Lipinski definition) is 1. The van der Waals surface area contributed by atoms with Gasteiger partial charge in [0.1, 0.15) is 11.4 Å². The smallest absolute Gasteiger partial charge is 0.338 e. The molecule has 0 aliphatic heterocycles. The fraction of sp³-hybridized carbons (Fsp3) is 0.447. The normalized spacial score (nSPS) is 13.9. The summed E-state index contributed by atoms with van der Waals surface area (Å²) in [4.78, 5) is 57.4. The van der Waals surface area contributed by atoms with Crippen LogP contribution in [-0.4, -0.2) is 75.9 Å². The Labute approximate surface area is 356 Å². The third-order valence-electron chi connectivity index (χ3n) is 9.55. The fourth-order valence-corrected chi connectivity index (χ4v) is 7.96. The fourth-order valence-electron chi connectivity index (χ4n) is 6.92. The molecule has 0 aliphatic rings. The zero-order valence-corrected chi connectivity index (χ0v) is 37.9. The van der Waals surface area contributed by atoms with Gasteiger partial charge in [0, 0.05) is 37.7 Å². The highest BCUT2D eigenvalue weighted by atomic mass is 28.3. The first-order valence-corrected chi connectivity index (χ1v) is 22.7. The van der Waals surface area contributed by atoms with Crippen LogP contribution in [0, 0.1) is 11.3 Å². The summed E-state index contributed by atoms with van der Waals surface area (Å²) in [5, 5.41) is 4.88. The standard InChI is InChI=1S/C47H61N2O10Si/c1-12-55-45(53)38(28-40(50)58-47(6,7)8)41(56-30-54-9)44(52)49(29-32-22-23-33-18-16-17-19-34(33)26-32)31(2)37(42(46(3,4)5)59-60(10)11)27-36-24-25-39(57-36)43(51)48-35-20-14-13-15-21-35/h13-26,31,37,42H,12,27-30H2,1-11H3,(H,48,51).